The molecule has 0 unspecified atom stereocenters. The second kappa shape index (κ2) is 8.31. The Bertz CT molecular complexity index is 989. The Morgan fingerprint density at radius 2 is 1.68 bits per heavy atom. The number of likely N-dealkylation sites (N-methyl/N-ethyl adjacent to an activating group) is 1. The topological polar surface area (TPSA) is 49.9 Å². The first-order valence-electron chi connectivity index (χ1n) is 8.38. The summed E-state index contributed by atoms with van der Waals surface area (Å²) in [6.45, 7) is 2.11. The molecular weight excluding hydrogens is 419 g/mol. The molecular formula is C20H16Cl2N2O3S. The predicted molar refractivity (Wildman–Crippen MR) is 115 cm³/mol. The zero-order valence-electron chi connectivity index (χ0n) is 15.1. The molecule has 0 radical (unpaired) electrons. The highest BCUT2D eigenvalue weighted by Crippen LogP contribution is 2.30. The van der Waals surface area contributed by atoms with Crippen molar-refractivity contribution in [1.82, 2.24) is 4.90 Å². The summed E-state index contributed by atoms with van der Waals surface area (Å²) < 4.78 is 5.32. The van der Waals surface area contributed by atoms with Crippen LogP contribution in [0, 0.1) is 0 Å². The third-order valence-electron chi connectivity index (χ3n) is 4.22. The maximum Gasteiger partial charge on any atom is 0.270 e. The number of thiocarbonyl (C=S) groups is 1. The number of halogens is 2. The second-order valence-electron chi connectivity index (χ2n) is 5.89. The van der Waals surface area contributed by atoms with E-state index in [0.29, 0.717) is 33.6 Å². The molecule has 0 aliphatic carbocycles. The number of rotatable bonds is 4. The van der Waals surface area contributed by atoms with Crippen molar-refractivity contribution < 1.29 is 14.3 Å². The second-order valence-corrected chi connectivity index (χ2v) is 7.13. The number of methoxy groups -OCH3 is 1. The van der Waals surface area contributed by atoms with E-state index >= 15 is 0 Å². The fraction of sp³-hybridized carbons (Fsp3) is 0.150. The van der Waals surface area contributed by atoms with Gasteiger partial charge in [-0.2, -0.15) is 0 Å². The van der Waals surface area contributed by atoms with Gasteiger partial charge >= 0.3 is 0 Å². The van der Waals surface area contributed by atoms with Crippen molar-refractivity contribution in [2.45, 2.75) is 6.92 Å². The third-order valence-corrected chi connectivity index (χ3v) is 5.11. The van der Waals surface area contributed by atoms with Crippen LogP contribution in [0.5, 0.6) is 5.75 Å². The highest BCUT2D eigenvalue weighted by atomic mass is 35.5. The first-order valence-corrected chi connectivity index (χ1v) is 9.55. The lowest BCUT2D eigenvalue weighted by atomic mass is 10.0. The van der Waals surface area contributed by atoms with Crippen LogP contribution < -0.4 is 9.64 Å². The Labute approximate surface area is 178 Å². The third kappa shape index (κ3) is 3.76. The molecule has 2 amide bonds. The number of anilines is 1. The lowest BCUT2D eigenvalue weighted by Crippen LogP contribution is -2.56. The fourth-order valence-corrected chi connectivity index (χ4v) is 3.55. The van der Waals surface area contributed by atoms with Gasteiger partial charge in [-0.25, -0.2) is 0 Å². The number of carbonyl (C=O) groups is 2. The Hall–Kier alpha value is -2.41. The molecule has 0 aromatic heterocycles. The van der Waals surface area contributed by atoms with Gasteiger partial charge in [0, 0.05) is 22.2 Å². The summed E-state index contributed by atoms with van der Waals surface area (Å²) in [6, 6.07) is 11.6. The Balaban J connectivity index is 2.13. The minimum atomic E-state index is -0.524. The largest absolute Gasteiger partial charge is 0.496 e. The van der Waals surface area contributed by atoms with Crippen LogP contribution in [0.15, 0.2) is 48.0 Å². The van der Waals surface area contributed by atoms with Crippen LogP contribution in [-0.4, -0.2) is 35.5 Å². The molecule has 0 spiro atoms. The molecule has 144 valence electrons. The van der Waals surface area contributed by atoms with Crippen LogP contribution in [0.2, 0.25) is 10.0 Å². The smallest absolute Gasteiger partial charge is 0.270 e. The predicted octanol–water partition coefficient (Wildman–Crippen LogP) is 4.57. The first kappa shape index (κ1) is 20.3. The summed E-state index contributed by atoms with van der Waals surface area (Å²) in [5.41, 5.74) is 1.01. The molecule has 0 saturated carbocycles. The number of amides is 2. The fourth-order valence-electron chi connectivity index (χ4n) is 2.85. The first-order chi connectivity index (χ1) is 13.4. The molecule has 2 aromatic carbocycles. The number of hydrogen-bond donors (Lipinski definition) is 0. The van der Waals surface area contributed by atoms with Crippen LogP contribution in [0.4, 0.5) is 5.69 Å². The summed E-state index contributed by atoms with van der Waals surface area (Å²) >= 11 is 17.4. The molecule has 1 fully saturated rings. The zero-order valence-corrected chi connectivity index (χ0v) is 17.4. The maximum absolute atomic E-state index is 13.2. The minimum Gasteiger partial charge on any atom is -0.496 e. The van der Waals surface area contributed by atoms with Crippen molar-refractivity contribution in [1.29, 1.82) is 0 Å². The minimum absolute atomic E-state index is 0.0361. The van der Waals surface area contributed by atoms with Gasteiger partial charge in [0.05, 0.1) is 12.8 Å². The average Bonchev–Trinajstić information content (AvgIpc) is 2.67. The van der Waals surface area contributed by atoms with Crippen molar-refractivity contribution in [3.05, 3.63) is 63.6 Å². The summed E-state index contributed by atoms with van der Waals surface area (Å²) in [5, 5.41) is 1.11. The standard InChI is InChI=1S/C20H16Cl2N2O3S/c1-3-23-18(25)16(11-12-10-14(22)6-9-17(12)27-2)19(26)24(20(23)28)15-7-4-13(21)5-8-15/h4-11H,3H2,1-2H3/b16-11+. The molecule has 1 aliphatic heterocycles. The van der Waals surface area contributed by atoms with E-state index < -0.39 is 11.8 Å². The molecule has 28 heavy (non-hydrogen) atoms. The molecule has 2 aromatic rings. The zero-order chi connectivity index (χ0) is 20.4. The van der Waals surface area contributed by atoms with Crippen molar-refractivity contribution in [3.8, 4) is 5.75 Å². The SMILES string of the molecule is CCN1C(=O)/C(=C\c2cc(Cl)ccc2OC)C(=O)N(c2ccc(Cl)cc2)C1=S. The van der Waals surface area contributed by atoms with Crippen LogP contribution in [-0.2, 0) is 9.59 Å². The van der Waals surface area contributed by atoms with E-state index in [9.17, 15) is 9.59 Å². The Kier molecular flexibility index (Phi) is 6.03. The van der Waals surface area contributed by atoms with Crippen molar-refractivity contribution in [2.75, 3.05) is 18.6 Å². The van der Waals surface area contributed by atoms with E-state index in [0.717, 1.165) is 0 Å². The normalized spacial score (nSPS) is 16.1. The molecule has 1 aliphatic rings. The van der Waals surface area contributed by atoms with Crippen molar-refractivity contribution >= 4 is 64.1 Å². The number of nitrogens with zero attached hydrogens (tertiary/aromatic N) is 2. The molecule has 1 heterocycles. The number of ether oxygens (including phenoxy) is 1. The van der Waals surface area contributed by atoms with Crippen molar-refractivity contribution in [2.24, 2.45) is 0 Å². The Morgan fingerprint density at radius 3 is 2.29 bits per heavy atom. The molecule has 5 nitrogen and oxygen atoms in total. The lowest BCUT2D eigenvalue weighted by molar-refractivity contribution is -0.127. The molecule has 1 saturated heterocycles. The van der Waals surface area contributed by atoms with Crippen LogP contribution >= 0.6 is 35.4 Å². The number of hydrogen-bond acceptors (Lipinski definition) is 4. The van der Waals surface area contributed by atoms with Gasteiger partial charge in [0.25, 0.3) is 11.8 Å². The van der Waals surface area contributed by atoms with E-state index in [2.05, 4.69) is 0 Å². The van der Waals surface area contributed by atoms with Crippen molar-refractivity contribution in [3.63, 3.8) is 0 Å². The average molecular weight is 435 g/mol. The molecule has 0 bridgehead atoms. The maximum atomic E-state index is 13.2. The molecule has 0 N–H and O–H groups in total. The number of carbonyl (C=O) groups excluding carboxylic acids is 2. The van der Waals surface area contributed by atoms with Gasteiger partial charge in [-0.15, -0.1) is 0 Å². The van der Waals surface area contributed by atoms with Gasteiger partial charge in [0.2, 0.25) is 0 Å². The quantitative estimate of drug-likeness (QED) is 0.401. The highest BCUT2D eigenvalue weighted by Gasteiger charge is 2.39. The van der Waals surface area contributed by atoms with E-state index in [-0.39, 0.29) is 10.7 Å². The lowest BCUT2D eigenvalue weighted by Gasteiger charge is -2.36. The van der Waals surface area contributed by atoms with E-state index in [1.54, 1.807) is 49.4 Å². The van der Waals surface area contributed by atoms with E-state index in [4.69, 9.17) is 40.2 Å². The van der Waals surface area contributed by atoms with E-state index in [1.165, 1.54) is 23.0 Å². The van der Waals surface area contributed by atoms with Gasteiger partial charge in [-0.3, -0.25) is 19.4 Å². The van der Waals surface area contributed by atoms with Crippen LogP contribution in [0.1, 0.15) is 12.5 Å². The molecule has 3 rings (SSSR count). The van der Waals surface area contributed by atoms with Gasteiger partial charge < -0.3 is 4.74 Å². The van der Waals surface area contributed by atoms with Gasteiger partial charge in [-0.1, -0.05) is 23.2 Å². The summed E-state index contributed by atoms with van der Waals surface area (Å²) in [7, 11) is 1.50. The molecule has 0 atom stereocenters. The van der Waals surface area contributed by atoms with Crippen LogP contribution in [0.25, 0.3) is 6.08 Å². The van der Waals surface area contributed by atoms with Crippen LogP contribution in [0.3, 0.4) is 0 Å². The number of benzene rings is 2. The monoisotopic (exact) mass is 434 g/mol. The highest BCUT2D eigenvalue weighted by molar-refractivity contribution is 7.80. The Morgan fingerprint density at radius 1 is 1.04 bits per heavy atom. The summed E-state index contributed by atoms with van der Waals surface area (Å²) in [4.78, 5) is 28.8. The van der Waals surface area contributed by atoms with Gasteiger partial charge in [0.1, 0.15) is 11.3 Å². The van der Waals surface area contributed by atoms with E-state index in [1.807, 2.05) is 0 Å². The summed E-state index contributed by atoms with van der Waals surface area (Å²) in [6.07, 6.45) is 1.47. The molecule has 8 heteroatoms. The van der Waals surface area contributed by atoms with Gasteiger partial charge in [-0.05, 0) is 67.7 Å². The summed E-state index contributed by atoms with van der Waals surface area (Å²) in [5.74, 6) is -0.500. The van der Waals surface area contributed by atoms with Gasteiger partial charge in [0.15, 0.2) is 5.11 Å².